The number of para-hydroxylation sites is 1. The number of halogens is 2. The van der Waals surface area contributed by atoms with Crippen LogP contribution in [0.3, 0.4) is 0 Å². The lowest BCUT2D eigenvalue weighted by molar-refractivity contribution is 0.0963. The molecule has 0 bridgehead atoms. The molecule has 0 radical (unpaired) electrons. The van der Waals surface area contributed by atoms with E-state index in [2.05, 4.69) is 26.0 Å². The summed E-state index contributed by atoms with van der Waals surface area (Å²) in [7, 11) is 3.18. The third-order valence-corrected chi connectivity index (χ3v) is 4.25. The third-order valence-electron chi connectivity index (χ3n) is 3.95. The molecule has 0 saturated carbocycles. The van der Waals surface area contributed by atoms with Crippen molar-refractivity contribution >= 4 is 40.5 Å². The topological polar surface area (TPSA) is 104 Å². The Morgan fingerprint density at radius 2 is 2.11 bits per heavy atom. The molecular formula is C18H18ClFN6O2. The van der Waals surface area contributed by atoms with E-state index in [4.69, 9.17) is 11.6 Å². The third kappa shape index (κ3) is 4.05. The SMILES string of the molecule is CNC(=O)c1cccc(F)c1Nc1cc(Nc2cc(CO)nn2C)ncc1Cl. The molecule has 2 heterocycles. The minimum absolute atomic E-state index is 0.00370. The molecule has 0 spiro atoms. The van der Waals surface area contributed by atoms with Crippen LogP contribution in [0.2, 0.25) is 5.02 Å². The van der Waals surface area contributed by atoms with E-state index in [0.29, 0.717) is 23.0 Å². The number of nitrogens with one attached hydrogen (secondary N) is 3. The maximum Gasteiger partial charge on any atom is 0.253 e. The molecule has 3 rings (SSSR count). The van der Waals surface area contributed by atoms with E-state index >= 15 is 0 Å². The van der Waals surface area contributed by atoms with Crippen molar-refractivity contribution in [2.45, 2.75) is 6.61 Å². The molecule has 8 nitrogen and oxygen atoms in total. The molecule has 1 amide bonds. The maximum atomic E-state index is 14.4. The summed E-state index contributed by atoms with van der Waals surface area (Å²) in [6, 6.07) is 7.45. The average Bonchev–Trinajstić information content (AvgIpc) is 3.04. The summed E-state index contributed by atoms with van der Waals surface area (Å²) in [5, 5.41) is 22.0. The lowest BCUT2D eigenvalue weighted by atomic mass is 10.1. The van der Waals surface area contributed by atoms with Gasteiger partial charge in [-0.2, -0.15) is 5.10 Å². The number of nitrogens with zero attached hydrogens (tertiary/aromatic N) is 3. The second-order valence-corrected chi connectivity index (χ2v) is 6.25. The molecular weight excluding hydrogens is 387 g/mol. The molecule has 0 fully saturated rings. The van der Waals surface area contributed by atoms with Gasteiger partial charge in [0.05, 0.1) is 40.5 Å². The summed E-state index contributed by atoms with van der Waals surface area (Å²) in [6.45, 7) is -0.189. The first-order valence-electron chi connectivity index (χ1n) is 8.27. The summed E-state index contributed by atoms with van der Waals surface area (Å²) in [4.78, 5) is 16.2. The number of carbonyl (C=O) groups excluding carboxylic acids is 1. The van der Waals surface area contributed by atoms with Crippen LogP contribution >= 0.6 is 11.6 Å². The predicted molar refractivity (Wildman–Crippen MR) is 105 cm³/mol. The summed E-state index contributed by atoms with van der Waals surface area (Å²) in [6.07, 6.45) is 1.40. The van der Waals surface area contributed by atoms with Crippen molar-refractivity contribution < 1.29 is 14.3 Å². The first-order valence-corrected chi connectivity index (χ1v) is 8.64. The van der Waals surface area contributed by atoms with Gasteiger partial charge in [-0.05, 0) is 12.1 Å². The van der Waals surface area contributed by atoms with Gasteiger partial charge in [-0.25, -0.2) is 9.37 Å². The quantitative estimate of drug-likeness (QED) is 0.503. The van der Waals surface area contributed by atoms with Crippen LogP contribution in [0, 0.1) is 5.82 Å². The fraction of sp³-hybridized carbons (Fsp3) is 0.167. The molecule has 146 valence electrons. The van der Waals surface area contributed by atoms with Gasteiger partial charge in [0.2, 0.25) is 0 Å². The lowest BCUT2D eigenvalue weighted by Crippen LogP contribution is -2.19. The molecule has 0 aliphatic heterocycles. The number of aryl methyl sites for hydroxylation is 1. The van der Waals surface area contributed by atoms with Gasteiger partial charge >= 0.3 is 0 Å². The number of anilines is 4. The van der Waals surface area contributed by atoms with Gasteiger partial charge in [-0.3, -0.25) is 9.48 Å². The normalized spacial score (nSPS) is 10.6. The average molecular weight is 405 g/mol. The van der Waals surface area contributed by atoms with Crippen molar-refractivity contribution in [1.82, 2.24) is 20.1 Å². The number of aliphatic hydroxyl groups excluding tert-OH is 1. The van der Waals surface area contributed by atoms with Crippen molar-refractivity contribution in [2.24, 2.45) is 7.05 Å². The number of benzene rings is 1. The summed E-state index contributed by atoms with van der Waals surface area (Å²) >= 11 is 6.20. The number of amides is 1. The molecule has 0 aliphatic rings. The molecule has 0 saturated heterocycles. The van der Waals surface area contributed by atoms with E-state index in [1.54, 1.807) is 23.9 Å². The maximum absolute atomic E-state index is 14.4. The monoisotopic (exact) mass is 404 g/mol. The molecule has 10 heteroatoms. The van der Waals surface area contributed by atoms with E-state index in [9.17, 15) is 14.3 Å². The molecule has 0 aliphatic carbocycles. The predicted octanol–water partition coefficient (Wildman–Crippen LogP) is 2.95. The van der Waals surface area contributed by atoms with Crippen molar-refractivity contribution in [1.29, 1.82) is 0 Å². The van der Waals surface area contributed by atoms with Crippen LogP contribution < -0.4 is 16.0 Å². The van der Waals surface area contributed by atoms with E-state index in [1.807, 2.05) is 0 Å². The molecule has 4 N–H and O–H groups in total. The molecule has 1 aromatic carbocycles. The van der Waals surface area contributed by atoms with Gasteiger partial charge in [0.15, 0.2) is 0 Å². The Balaban J connectivity index is 1.93. The second-order valence-electron chi connectivity index (χ2n) is 5.84. The fourth-order valence-electron chi connectivity index (χ4n) is 2.56. The van der Waals surface area contributed by atoms with Crippen LogP contribution in [0.1, 0.15) is 16.1 Å². The Kier molecular flexibility index (Phi) is 5.76. The summed E-state index contributed by atoms with van der Waals surface area (Å²) in [5.41, 5.74) is 1.01. The number of carbonyl (C=O) groups is 1. The number of rotatable bonds is 6. The van der Waals surface area contributed by atoms with Gasteiger partial charge in [0, 0.05) is 26.2 Å². The first-order chi connectivity index (χ1) is 13.4. The highest BCUT2D eigenvalue weighted by molar-refractivity contribution is 6.33. The fourth-order valence-corrected chi connectivity index (χ4v) is 2.72. The summed E-state index contributed by atoms with van der Waals surface area (Å²) < 4.78 is 15.9. The van der Waals surface area contributed by atoms with E-state index in [-0.39, 0.29) is 22.9 Å². The van der Waals surface area contributed by atoms with Crippen LogP contribution in [0.5, 0.6) is 0 Å². The Labute approximate surface area is 165 Å². The minimum atomic E-state index is -0.595. The minimum Gasteiger partial charge on any atom is -0.390 e. The zero-order valence-electron chi connectivity index (χ0n) is 15.1. The van der Waals surface area contributed by atoms with Gasteiger partial charge in [-0.1, -0.05) is 17.7 Å². The zero-order chi connectivity index (χ0) is 20.3. The van der Waals surface area contributed by atoms with Crippen LogP contribution in [-0.4, -0.2) is 32.8 Å². The number of aromatic nitrogens is 3. The largest absolute Gasteiger partial charge is 0.390 e. The van der Waals surface area contributed by atoms with Crippen molar-refractivity contribution in [2.75, 3.05) is 17.7 Å². The van der Waals surface area contributed by atoms with E-state index in [1.165, 1.54) is 31.4 Å². The number of pyridine rings is 1. The molecule has 2 aromatic heterocycles. The van der Waals surface area contributed by atoms with Crippen LogP contribution in [0.4, 0.5) is 27.4 Å². The standard InChI is InChI=1S/C18H18ClFN6O2/c1-21-18(28)11-4-3-5-13(20)17(11)23-14-7-15(22-8-12(14)19)24-16-6-10(9-27)25-26(16)2/h3-8,27H,9H2,1-2H3,(H,21,28)(H2,22,23,24). The van der Waals surface area contributed by atoms with Crippen molar-refractivity contribution in [3.05, 3.63) is 58.6 Å². The molecule has 28 heavy (non-hydrogen) atoms. The van der Waals surface area contributed by atoms with Gasteiger partial charge in [-0.15, -0.1) is 0 Å². The van der Waals surface area contributed by atoms with E-state index < -0.39 is 11.7 Å². The van der Waals surface area contributed by atoms with E-state index in [0.717, 1.165) is 0 Å². The number of hydrogen-bond donors (Lipinski definition) is 4. The molecule has 0 unspecified atom stereocenters. The lowest BCUT2D eigenvalue weighted by Gasteiger charge is -2.14. The Hall–Kier alpha value is -3.17. The van der Waals surface area contributed by atoms with Gasteiger partial charge in [0.25, 0.3) is 5.91 Å². The number of aliphatic hydroxyl groups is 1. The van der Waals surface area contributed by atoms with Gasteiger partial charge in [0.1, 0.15) is 17.5 Å². The smallest absolute Gasteiger partial charge is 0.253 e. The highest BCUT2D eigenvalue weighted by Gasteiger charge is 2.16. The van der Waals surface area contributed by atoms with Crippen molar-refractivity contribution in [3.63, 3.8) is 0 Å². The highest BCUT2D eigenvalue weighted by atomic mass is 35.5. The Morgan fingerprint density at radius 1 is 1.32 bits per heavy atom. The van der Waals surface area contributed by atoms with Crippen LogP contribution in [-0.2, 0) is 13.7 Å². The van der Waals surface area contributed by atoms with Crippen LogP contribution in [0.15, 0.2) is 36.5 Å². The Bertz CT molecular complexity index is 1020. The highest BCUT2D eigenvalue weighted by Crippen LogP contribution is 2.31. The molecule has 0 atom stereocenters. The molecule has 3 aromatic rings. The van der Waals surface area contributed by atoms with Crippen LogP contribution in [0.25, 0.3) is 0 Å². The first kappa shape index (κ1) is 19.6. The van der Waals surface area contributed by atoms with Crippen molar-refractivity contribution in [3.8, 4) is 0 Å². The summed E-state index contributed by atoms with van der Waals surface area (Å²) in [5.74, 6) is -0.0151. The number of hydrogen-bond acceptors (Lipinski definition) is 6. The second kappa shape index (κ2) is 8.24. The Morgan fingerprint density at radius 3 is 2.79 bits per heavy atom. The van der Waals surface area contributed by atoms with Gasteiger partial charge < -0.3 is 21.1 Å². The zero-order valence-corrected chi connectivity index (χ0v) is 15.9.